The average molecular weight is 398 g/mol. The summed E-state index contributed by atoms with van der Waals surface area (Å²) in [7, 11) is 0. The highest BCUT2D eigenvalue weighted by molar-refractivity contribution is 6.45. The van der Waals surface area contributed by atoms with Gasteiger partial charge < -0.3 is 9.64 Å². The first kappa shape index (κ1) is 19.1. The molecule has 2 aromatic rings. The Morgan fingerprint density at radius 2 is 1.66 bits per heavy atom. The molecule has 29 heavy (non-hydrogen) atoms. The molecule has 1 saturated heterocycles. The van der Waals surface area contributed by atoms with E-state index >= 15 is 0 Å². The Hall–Kier alpha value is -3.22. The quantitative estimate of drug-likeness (QED) is 0.720. The van der Waals surface area contributed by atoms with Crippen LogP contribution in [-0.4, -0.2) is 36.4 Å². The van der Waals surface area contributed by atoms with Crippen molar-refractivity contribution in [3.8, 4) is 5.75 Å². The lowest BCUT2D eigenvalue weighted by atomic mass is 10.0. The topological polar surface area (TPSA) is 49.9 Å². The van der Waals surface area contributed by atoms with E-state index in [1.807, 2.05) is 11.8 Å². The molecule has 0 spiro atoms. The minimum atomic E-state index is -0.958. The molecule has 150 valence electrons. The van der Waals surface area contributed by atoms with Crippen molar-refractivity contribution in [2.24, 2.45) is 0 Å². The van der Waals surface area contributed by atoms with Gasteiger partial charge in [0, 0.05) is 19.2 Å². The van der Waals surface area contributed by atoms with Crippen LogP contribution in [0.15, 0.2) is 48.2 Å². The van der Waals surface area contributed by atoms with Gasteiger partial charge in [-0.05, 0) is 49.6 Å². The van der Waals surface area contributed by atoms with E-state index in [9.17, 15) is 18.4 Å². The molecule has 2 aromatic carbocycles. The van der Waals surface area contributed by atoms with Crippen LogP contribution >= 0.6 is 0 Å². The lowest BCUT2D eigenvalue weighted by Crippen LogP contribution is -2.35. The van der Waals surface area contributed by atoms with Crippen molar-refractivity contribution in [2.75, 3.05) is 24.6 Å². The Kier molecular flexibility index (Phi) is 5.05. The highest BCUT2D eigenvalue weighted by Gasteiger charge is 2.43. The summed E-state index contributed by atoms with van der Waals surface area (Å²) in [6.45, 7) is 3.68. The van der Waals surface area contributed by atoms with Crippen LogP contribution in [0.3, 0.4) is 0 Å². The number of nitrogens with zero attached hydrogens (tertiary/aromatic N) is 2. The van der Waals surface area contributed by atoms with Gasteiger partial charge in [0.25, 0.3) is 11.8 Å². The number of ether oxygens (including phenoxy) is 1. The van der Waals surface area contributed by atoms with E-state index in [-0.39, 0.29) is 17.0 Å². The van der Waals surface area contributed by atoms with Crippen LogP contribution in [0.4, 0.5) is 14.5 Å². The lowest BCUT2D eigenvalue weighted by Gasteiger charge is -2.20. The molecule has 7 heteroatoms. The van der Waals surface area contributed by atoms with Gasteiger partial charge in [-0.1, -0.05) is 12.1 Å². The lowest BCUT2D eigenvalue weighted by molar-refractivity contribution is -0.120. The molecule has 0 unspecified atom stereocenters. The van der Waals surface area contributed by atoms with Crippen LogP contribution in [0.2, 0.25) is 0 Å². The Morgan fingerprint density at radius 1 is 0.966 bits per heavy atom. The predicted octanol–water partition coefficient (Wildman–Crippen LogP) is 3.74. The van der Waals surface area contributed by atoms with Crippen LogP contribution in [0, 0.1) is 11.6 Å². The molecular formula is C22H20F2N2O3. The third kappa shape index (κ3) is 3.37. The van der Waals surface area contributed by atoms with Crippen LogP contribution in [0.25, 0.3) is 5.57 Å². The minimum Gasteiger partial charge on any atom is -0.494 e. The second-order valence-corrected chi connectivity index (χ2v) is 6.92. The van der Waals surface area contributed by atoms with Gasteiger partial charge in [0.1, 0.15) is 23.1 Å². The SMILES string of the molecule is CCOc1ccc(C2=C(N3CCCC3)C(=O)N(c3ccc(F)cc3F)C2=O)cc1. The smallest absolute Gasteiger partial charge is 0.282 e. The second-order valence-electron chi connectivity index (χ2n) is 6.92. The van der Waals surface area contributed by atoms with E-state index < -0.39 is 23.4 Å². The molecule has 0 N–H and O–H groups in total. The largest absolute Gasteiger partial charge is 0.494 e. The number of hydrogen-bond acceptors (Lipinski definition) is 4. The molecule has 2 aliphatic rings. The summed E-state index contributed by atoms with van der Waals surface area (Å²) >= 11 is 0. The molecular weight excluding hydrogens is 378 g/mol. The minimum absolute atomic E-state index is 0.226. The van der Waals surface area contributed by atoms with Gasteiger partial charge in [-0.25, -0.2) is 13.7 Å². The van der Waals surface area contributed by atoms with Crippen LogP contribution in [-0.2, 0) is 9.59 Å². The van der Waals surface area contributed by atoms with Crippen molar-refractivity contribution >= 4 is 23.1 Å². The van der Waals surface area contributed by atoms with Crippen LogP contribution in [0.5, 0.6) is 5.75 Å². The van der Waals surface area contributed by atoms with Crippen molar-refractivity contribution < 1.29 is 23.1 Å². The zero-order valence-electron chi connectivity index (χ0n) is 16.0. The van der Waals surface area contributed by atoms with Crippen molar-refractivity contribution in [3.05, 3.63) is 65.4 Å². The van der Waals surface area contributed by atoms with E-state index in [1.54, 1.807) is 24.3 Å². The first-order valence-electron chi connectivity index (χ1n) is 9.57. The Bertz CT molecular complexity index is 996. The standard InChI is InChI=1S/C22H20F2N2O3/c1-2-29-16-8-5-14(6-9-16)19-20(25-11-3-4-12-25)22(28)26(21(19)27)18-10-7-15(23)13-17(18)24/h5-10,13H,2-4,11-12H2,1H3. The van der Waals surface area contributed by atoms with Gasteiger partial charge >= 0.3 is 0 Å². The maximum absolute atomic E-state index is 14.4. The number of likely N-dealkylation sites (tertiary alicyclic amines) is 1. The number of carbonyl (C=O) groups excluding carboxylic acids is 2. The van der Waals surface area contributed by atoms with Gasteiger partial charge in [0.15, 0.2) is 0 Å². The number of anilines is 1. The number of imide groups is 1. The van der Waals surface area contributed by atoms with Gasteiger partial charge in [-0.15, -0.1) is 0 Å². The van der Waals surface area contributed by atoms with Crippen LogP contribution < -0.4 is 9.64 Å². The average Bonchev–Trinajstić information content (AvgIpc) is 3.30. The summed E-state index contributed by atoms with van der Waals surface area (Å²) in [4.78, 5) is 29.1. The van der Waals surface area contributed by atoms with Gasteiger partial charge in [0.2, 0.25) is 0 Å². The molecule has 0 bridgehead atoms. The molecule has 0 saturated carbocycles. The molecule has 2 amide bonds. The van der Waals surface area contributed by atoms with E-state index in [4.69, 9.17) is 4.74 Å². The number of hydrogen-bond donors (Lipinski definition) is 0. The Morgan fingerprint density at radius 3 is 2.28 bits per heavy atom. The number of rotatable bonds is 5. The normalized spacial score (nSPS) is 16.9. The molecule has 0 radical (unpaired) electrons. The first-order chi connectivity index (χ1) is 14.0. The summed E-state index contributed by atoms with van der Waals surface area (Å²) in [5, 5.41) is 0. The molecule has 5 nitrogen and oxygen atoms in total. The molecule has 0 aliphatic carbocycles. The van der Waals surface area contributed by atoms with E-state index in [0.29, 0.717) is 37.1 Å². The molecule has 2 heterocycles. The molecule has 4 rings (SSSR count). The Labute approximate surface area is 167 Å². The van der Waals surface area contributed by atoms with Gasteiger partial charge in [-0.3, -0.25) is 9.59 Å². The third-order valence-electron chi connectivity index (χ3n) is 5.09. The third-order valence-corrected chi connectivity index (χ3v) is 5.09. The first-order valence-corrected chi connectivity index (χ1v) is 9.57. The van der Waals surface area contributed by atoms with Crippen molar-refractivity contribution in [3.63, 3.8) is 0 Å². The van der Waals surface area contributed by atoms with E-state index in [0.717, 1.165) is 29.9 Å². The summed E-state index contributed by atoms with van der Waals surface area (Å²) in [6, 6.07) is 9.70. The number of halogens is 2. The highest BCUT2D eigenvalue weighted by atomic mass is 19.1. The second kappa shape index (κ2) is 7.66. The highest BCUT2D eigenvalue weighted by Crippen LogP contribution is 2.37. The fourth-order valence-corrected chi connectivity index (χ4v) is 3.78. The van der Waals surface area contributed by atoms with E-state index in [1.165, 1.54) is 0 Å². The molecule has 0 aromatic heterocycles. The van der Waals surface area contributed by atoms with Crippen LogP contribution in [0.1, 0.15) is 25.3 Å². The fraction of sp³-hybridized carbons (Fsp3) is 0.273. The summed E-state index contributed by atoms with van der Waals surface area (Å²) < 4.78 is 33.2. The molecule has 0 atom stereocenters. The number of carbonyl (C=O) groups is 2. The zero-order valence-corrected chi connectivity index (χ0v) is 16.0. The monoisotopic (exact) mass is 398 g/mol. The van der Waals surface area contributed by atoms with Gasteiger partial charge in [-0.2, -0.15) is 0 Å². The van der Waals surface area contributed by atoms with Crippen molar-refractivity contribution in [1.82, 2.24) is 4.90 Å². The maximum Gasteiger partial charge on any atom is 0.282 e. The zero-order chi connectivity index (χ0) is 20.5. The summed E-state index contributed by atoms with van der Waals surface area (Å²) in [6.07, 6.45) is 1.82. The molecule has 2 aliphatic heterocycles. The predicted molar refractivity (Wildman–Crippen MR) is 104 cm³/mol. The summed E-state index contributed by atoms with van der Waals surface area (Å²) in [5.74, 6) is -2.29. The number of benzene rings is 2. The van der Waals surface area contributed by atoms with Crippen molar-refractivity contribution in [1.29, 1.82) is 0 Å². The van der Waals surface area contributed by atoms with Gasteiger partial charge in [0.05, 0.1) is 17.9 Å². The summed E-state index contributed by atoms with van der Waals surface area (Å²) in [5.41, 5.74) is 0.793. The van der Waals surface area contributed by atoms with Crippen molar-refractivity contribution in [2.45, 2.75) is 19.8 Å². The molecule has 1 fully saturated rings. The number of amides is 2. The fourth-order valence-electron chi connectivity index (χ4n) is 3.78. The Balaban J connectivity index is 1.80. The van der Waals surface area contributed by atoms with E-state index in [2.05, 4.69) is 0 Å². The maximum atomic E-state index is 14.4.